The van der Waals surface area contributed by atoms with Gasteiger partial charge in [-0.3, -0.25) is 10.1 Å². The number of benzene rings is 1. The Kier molecular flexibility index (Phi) is 3.98. The molecule has 0 unspecified atom stereocenters. The second-order valence-corrected chi connectivity index (χ2v) is 5.58. The highest BCUT2D eigenvalue weighted by Gasteiger charge is 2.05. The Hall–Kier alpha value is -1.40. The molecular weight excluding hydrogens is 316 g/mol. The first-order valence-electron chi connectivity index (χ1n) is 5.11. The Morgan fingerprint density at radius 1 is 1.22 bits per heavy atom. The molecule has 0 bridgehead atoms. The molecule has 0 saturated carbocycles. The van der Waals surface area contributed by atoms with Gasteiger partial charge >= 0.3 is 0 Å². The van der Waals surface area contributed by atoms with Gasteiger partial charge in [-0.05, 0) is 47.1 Å². The summed E-state index contributed by atoms with van der Waals surface area (Å²) in [6.07, 6.45) is 0. The van der Waals surface area contributed by atoms with E-state index in [-0.39, 0.29) is 5.69 Å². The summed E-state index contributed by atoms with van der Waals surface area (Å²) in [6, 6.07) is 10.4. The first kappa shape index (κ1) is 13.0. The quantitative estimate of drug-likeness (QED) is 0.482. The smallest absolute Gasteiger partial charge is 0.258 e. The van der Waals surface area contributed by atoms with Crippen LogP contribution < -0.4 is 0 Å². The van der Waals surface area contributed by atoms with Crippen molar-refractivity contribution in [2.24, 2.45) is 0 Å². The number of nitro groups is 1. The Labute approximate surface area is 117 Å². The number of hydrogen-bond donors (Lipinski definition) is 0. The van der Waals surface area contributed by atoms with E-state index in [1.807, 2.05) is 19.1 Å². The number of halogens is 1. The third kappa shape index (κ3) is 3.30. The molecule has 92 valence electrons. The number of hydrogen-bond acceptors (Lipinski definition) is 4. The summed E-state index contributed by atoms with van der Waals surface area (Å²) < 4.78 is 0.784. The van der Waals surface area contributed by atoms with Crippen LogP contribution in [0.4, 0.5) is 5.69 Å². The van der Waals surface area contributed by atoms with Gasteiger partial charge in [0.25, 0.3) is 5.69 Å². The zero-order chi connectivity index (χ0) is 13.1. The van der Waals surface area contributed by atoms with Crippen LogP contribution in [0, 0.1) is 17.0 Å². The van der Waals surface area contributed by atoms with Gasteiger partial charge in [-0.2, -0.15) is 0 Å². The van der Waals surface area contributed by atoms with Gasteiger partial charge in [-0.15, -0.1) is 0 Å². The van der Waals surface area contributed by atoms with Crippen molar-refractivity contribution in [1.82, 2.24) is 4.98 Å². The van der Waals surface area contributed by atoms with Crippen molar-refractivity contribution >= 4 is 33.4 Å². The Balaban J connectivity index is 2.20. The summed E-state index contributed by atoms with van der Waals surface area (Å²) in [6.45, 7) is 1.92. The standard InChI is InChI=1S/C12H9BrN2O2S/c1-8-6-11(7-12(13)14-8)18-10-4-2-9(3-5-10)15(16)17/h2-7H,1H3. The molecule has 2 rings (SSSR count). The van der Waals surface area contributed by atoms with Crippen LogP contribution >= 0.6 is 27.7 Å². The van der Waals surface area contributed by atoms with Crippen LogP contribution in [0.15, 0.2) is 50.8 Å². The largest absolute Gasteiger partial charge is 0.269 e. The number of aryl methyl sites for hydroxylation is 1. The molecule has 1 aromatic heterocycles. The Bertz CT molecular complexity index is 567. The molecule has 4 nitrogen and oxygen atoms in total. The maximum absolute atomic E-state index is 10.5. The fourth-order valence-corrected chi connectivity index (χ4v) is 3.05. The summed E-state index contributed by atoms with van der Waals surface area (Å²) in [5, 5.41) is 10.5. The van der Waals surface area contributed by atoms with Gasteiger partial charge in [0.05, 0.1) is 4.92 Å². The summed E-state index contributed by atoms with van der Waals surface area (Å²) in [4.78, 5) is 16.4. The minimum atomic E-state index is -0.401. The fraction of sp³-hybridized carbons (Fsp3) is 0.0833. The fourth-order valence-electron chi connectivity index (χ4n) is 1.43. The van der Waals surface area contributed by atoms with Crippen LogP contribution in [0.25, 0.3) is 0 Å². The molecule has 0 aliphatic rings. The van der Waals surface area contributed by atoms with E-state index in [2.05, 4.69) is 20.9 Å². The normalized spacial score (nSPS) is 10.3. The molecule has 0 saturated heterocycles. The van der Waals surface area contributed by atoms with E-state index < -0.39 is 4.92 Å². The number of aromatic nitrogens is 1. The van der Waals surface area contributed by atoms with Crippen molar-refractivity contribution in [3.05, 3.63) is 56.8 Å². The number of rotatable bonds is 3. The lowest BCUT2D eigenvalue weighted by Gasteiger charge is -2.03. The maximum Gasteiger partial charge on any atom is 0.269 e. The van der Waals surface area contributed by atoms with Crippen LogP contribution in [-0.2, 0) is 0 Å². The van der Waals surface area contributed by atoms with Gasteiger partial charge in [0, 0.05) is 27.6 Å². The third-order valence-electron chi connectivity index (χ3n) is 2.18. The van der Waals surface area contributed by atoms with E-state index in [9.17, 15) is 10.1 Å². The van der Waals surface area contributed by atoms with Gasteiger partial charge in [-0.25, -0.2) is 4.98 Å². The summed E-state index contributed by atoms with van der Waals surface area (Å²) in [5.41, 5.74) is 1.03. The number of nitrogens with zero attached hydrogens (tertiary/aromatic N) is 2. The van der Waals surface area contributed by atoms with E-state index in [1.165, 1.54) is 12.1 Å². The van der Waals surface area contributed by atoms with Crippen molar-refractivity contribution < 1.29 is 4.92 Å². The van der Waals surface area contributed by atoms with E-state index in [4.69, 9.17) is 0 Å². The van der Waals surface area contributed by atoms with Gasteiger partial charge < -0.3 is 0 Å². The van der Waals surface area contributed by atoms with Crippen molar-refractivity contribution in [3.63, 3.8) is 0 Å². The molecular formula is C12H9BrN2O2S. The summed E-state index contributed by atoms with van der Waals surface area (Å²) >= 11 is 4.89. The third-order valence-corrected chi connectivity index (χ3v) is 3.56. The van der Waals surface area contributed by atoms with Crippen LogP contribution in [0.2, 0.25) is 0 Å². The van der Waals surface area contributed by atoms with E-state index in [0.717, 1.165) is 20.1 Å². The zero-order valence-corrected chi connectivity index (χ0v) is 11.9. The van der Waals surface area contributed by atoms with E-state index >= 15 is 0 Å². The highest BCUT2D eigenvalue weighted by atomic mass is 79.9. The summed E-state index contributed by atoms with van der Waals surface area (Å²) in [5.74, 6) is 0. The SMILES string of the molecule is Cc1cc(Sc2ccc([N+](=O)[O-])cc2)cc(Br)n1. The Morgan fingerprint density at radius 2 is 1.89 bits per heavy atom. The average molecular weight is 325 g/mol. The van der Waals surface area contributed by atoms with E-state index in [1.54, 1.807) is 23.9 Å². The molecule has 0 fully saturated rings. The van der Waals surface area contributed by atoms with Crippen LogP contribution in [-0.4, -0.2) is 9.91 Å². The summed E-state index contributed by atoms with van der Waals surface area (Å²) in [7, 11) is 0. The minimum absolute atomic E-state index is 0.103. The molecule has 1 heterocycles. The molecule has 6 heteroatoms. The molecule has 0 atom stereocenters. The first-order valence-corrected chi connectivity index (χ1v) is 6.72. The molecule has 0 aliphatic carbocycles. The molecule has 2 aromatic rings. The monoisotopic (exact) mass is 324 g/mol. The van der Waals surface area contributed by atoms with Crippen molar-refractivity contribution in [1.29, 1.82) is 0 Å². The molecule has 0 spiro atoms. The minimum Gasteiger partial charge on any atom is -0.258 e. The van der Waals surface area contributed by atoms with Crippen molar-refractivity contribution in [2.45, 2.75) is 16.7 Å². The topological polar surface area (TPSA) is 56.0 Å². The van der Waals surface area contributed by atoms with Crippen LogP contribution in [0.5, 0.6) is 0 Å². The van der Waals surface area contributed by atoms with E-state index in [0.29, 0.717) is 0 Å². The predicted octanol–water partition coefficient (Wildman–Crippen LogP) is 4.21. The van der Waals surface area contributed by atoms with Gasteiger partial charge in [-0.1, -0.05) is 11.8 Å². The average Bonchev–Trinajstić information content (AvgIpc) is 2.28. The number of non-ortho nitro benzene ring substituents is 1. The number of nitro benzene ring substituents is 1. The van der Waals surface area contributed by atoms with Gasteiger partial charge in [0.1, 0.15) is 4.60 Å². The lowest BCUT2D eigenvalue weighted by atomic mass is 10.3. The second kappa shape index (κ2) is 5.49. The molecule has 0 amide bonds. The molecule has 0 N–H and O–H groups in total. The highest BCUT2D eigenvalue weighted by molar-refractivity contribution is 9.10. The van der Waals surface area contributed by atoms with Gasteiger partial charge in [0.2, 0.25) is 0 Å². The van der Waals surface area contributed by atoms with Crippen molar-refractivity contribution in [2.75, 3.05) is 0 Å². The Morgan fingerprint density at radius 3 is 2.44 bits per heavy atom. The molecule has 0 aliphatic heterocycles. The molecule has 0 radical (unpaired) electrons. The molecule has 18 heavy (non-hydrogen) atoms. The highest BCUT2D eigenvalue weighted by Crippen LogP contribution is 2.30. The number of pyridine rings is 1. The van der Waals surface area contributed by atoms with Crippen LogP contribution in [0.1, 0.15) is 5.69 Å². The second-order valence-electron chi connectivity index (χ2n) is 3.62. The molecule has 1 aromatic carbocycles. The maximum atomic E-state index is 10.5. The zero-order valence-electron chi connectivity index (χ0n) is 9.46. The van der Waals surface area contributed by atoms with Crippen molar-refractivity contribution in [3.8, 4) is 0 Å². The lowest BCUT2D eigenvalue weighted by molar-refractivity contribution is -0.384. The lowest BCUT2D eigenvalue weighted by Crippen LogP contribution is -1.87. The predicted molar refractivity (Wildman–Crippen MR) is 73.9 cm³/mol. The first-order chi connectivity index (χ1) is 8.54. The van der Waals surface area contributed by atoms with Crippen LogP contribution in [0.3, 0.4) is 0 Å². The van der Waals surface area contributed by atoms with Gasteiger partial charge in [0.15, 0.2) is 0 Å².